The Morgan fingerprint density at radius 3 is 2.61 bits per heavy atom. The highest BCUT2D eigenvalue weighted by Gasteiger charge is 2.29. The molecule has 5 rings (SSSR count). The highest BCUT2D eigenvalue weighted by molar-refractivity contribution is 7.17. The van der Waals surface area contributed by atoms with Crippen molar-refractivity contribution in [3.63, 3.8) is 0 Å². The molecule has 0 spiro atoms. The molecule has 1 aliphatic heterocycles. The number of carbonyl (C=O) groups excluding carboxylic acids is 1. The van der Waals surface area contributed by atoms with Crippen molar-refractivity contribution < 1.29 is 4.79 Å². The van der Waals surface area contributed by atoms with Gasteiger partial charge in [-0.3, -0.25) is 4.79 Å². The van der Waals surface area contributed by atoms with Crippen LogP contribution >= 0.6 is 11.3 Å². The first-order chi connectivity index (χ1) is 16.1. The highest BCUT2D eigenvalue weighted by Crippen LogP contribution is 2.36. The van der Waals surface area contributed by atoms with Gasteiger partial charge in [-0.1, -0.05) is 62.1 Å². The molecule has 1 aromatic heterocycles. The van der Waals surface area contributed by atoms with E-state index in [-0.39, 0.29) is 11.8 Å². The monoisotopic (exact) mass is 461 g/mol. The Balaban J connectivity index is 1.40. The summed E-state index contributed by atoms with van der Waals surface area (Å²) in [5.41, 5.74) is 3.25. The molecule has 2 fully saturated rings. The number of thiazole rings is 1. The molecule has 174 valence electrons. The summed E-state index contributed by atoms with van der Waals surface area (Å²) in [6.45, 7) is 6.21. The summed E-state index contributed by atoms with van der Waals surface area (Å²) in [5, 5.41) is 10.6. The van der Waals surface area contributed by atoms with Crippen molar-refractivity contribution in [1.29, 1.82) is 0 Å². The molecule has 1 saturated carbocycles. The summed E-state index contributed by atoms with van der Waals surface area (Å²) in [4.78, 5) is 19.5. The number of aromatic nitrogens is 1. The van der Waals surface area contributed by atoms with Crippen molar-refractivity contribution in [2.75, 3.05) is 13.1 Å². The zero-order valence-corrected chi connectivity index (χ0v) is 20.6. The van der Waals surface area contributed by atoms with E-state index >= 15 is 0 Å². The molecule has 2 aromatic carbocycles. The number of aryl methyl sites for hydroxylation is 2. The first-order valence-corrected chi connectivity index (χ1v) is 13.4. The average molecular weight is 462 g/mol. The molecule has 0 bridgehead atoms. The zero-order chi connectivity index (χ0) is 22.8. The van der Waals surface area contributed by atoms with E-state index in [1.807, 2.05) is 6.92 Å². The number of carbonyl (C=O) groups is 1. The molecule has 5 heteroatoms. The highest BCUT2D eigenvalue weighted by atomic mass is 32.1. The van der Waals surface area contributed by atoms with Crippen LogP contribution in [0.4, 0.5) is 0 Å². The fraction of sp³-hybridized carbons (Fsp3) is 0.500. The first kappa shape index (κ1) is 22.7. The van der Waals surface area contributed by atoms with E-state index in [2.05, 4.69) is 54.0 Å². The van der Waals surface area contributed by atoms with Gasteiger partial charge in [0.25, 0.3) is 0 Å². The Labute approximate surface area is 201 Å². The number of nitrogens with zero attached hydrogens (tertiary/aromatic N) is 1. The maximum atomic E-state index is 13.8. The van der Waals surface area contributed by atoms with Crippen LogP contribution in [0.3, 0.4) is 0 Å². The third kappa shape index (κ3) is 5.21. The molecule has 2 aliphatic rings. The molecule has 1 unspecified atom stereocenters. The van der Waals surface area contributed by atoms with Crippen molar-refractivity contribution in [1.82, 2.24) is 15.6 Å². The lowest BCUT2D eigenvalue weighted by Gasteiger charge is -2.28. The van der Waals surface area contributed by atoms with Crippen LogP contribution in [-0.2, 0) is 0 Å². The van der Waals surface area contributed by atoms with Gasteiger partial charge in [-0.05, 0) is 68.5 Å². The molecule has 2 heterocycles. The smallest absolute Gasteiger partial charge is 0.191 e. The van der Waals surface area contributed by atoms with Crippen molar-refractivity contribution in [3.05, 3.63) is 52.5 Å². The molecule has 4 nitrogen and oxygen atoms in total. The van der Waals surface area contributed by atoms with Crippen LogP contribution in [0.25, 0.3) is 21.3 Å². The van der Waals surface area contributed by atoms with E-state index in [0.29, 0.717) is 6.04 Å². The molecule has 3 aromatic rings. The number of benzene rings is 2. The Kier molecular flexibility index (Phi) is 6.91. The second kappa shape index (κ2) is 10.0. The number of Topliss-reactive ketones (excluding diaryl/α,β-unsaturated/α-hetero) is 1. The quantitative estimate of drug-likeness (QED) is 0.381. The predicted octanol–water partition coefficient (Wildman–Crippen LogP) is 6.05. The van der Waals surface area contributed by atoms with Crippen LogP contribution in [0.5, 0.6) is 0 Å². The molecule has 1 aliphatic carbocycles. The standard InChI is InChI=1S/C28H35N3OS/c1-18-10-13-24(23-8-4-3-7-22(18)23)28-30-19(2)27(33-28)26(32)25(9-5-6-20-11-12-20)31-21-14-16-29-17-15-21/h3-4,7-8,10,13,20-21,25,29,31H,5-6,9,11-12,14-17H2,1-2H3. The largest absolute Gasteiger partial charge is 0.317 e. The Morgan fingerprint density at radius 1 is 1.09 bits per heavy atom. The lowest BCUT2D eigenvalue weighted by atomic mass is 9.98. The van der Waals surface area contributed by atoms with Gasteiger partial charge >= 0.3 is 0 Å². The van der Waals surface area contributed by atoms with Gasteiger partial charge in [0, 0.05) is 11.6 Å². The van der Waals surface area contributed by atoms with Gasteiger partial charge in [-0.15, -0.1) is 11.3 Å². The predicted molar refractivity (Wildman–Crippen MR) is 138 cm³/mol. The van der Waals surface area contributed by atoms with E-state index in [1.165, 1.54) is 35.6 Å². The minimum Gasteiger partial charge on any atom is -0.317 e. The number of piperidine rings is 1. The Bertz CT molecular complexity index is 1130. The normalized spacial score (nSPS) is 18.0. The van der Waals surface area contributed by atoms with Gasteiger partial charge in [0.05, 0.1) is 16.6 Å². The van der Waals surface area contributed by atoms with E-state index in [1.54, 1.807) is 11.3 Å². The number of nitrogens with one attached hydrogen (secondary N) is 2. The number of hydrogen-bond donors (Lipinski definition) is 2. The van der Waals surface area contributed by atoms with Crippen molar-refractivity contribution in [2.45, 2.75) is 70.9 Å². The van der Waals surface area contributed by atoms with Crippen molar-refractivity contribution in [2.24, 2.45) is 5.92 Å². The van der Waals surface area contributed by atoms with Crippen LogP contribution in [0.15, 0.2) is 36.4 Å². The van der Waals surface area contributed by atoms with Gasteiger partial charge in [-0.2, -0.15) is 0 Å². The van der Waals surface area contributed by atoms with Crippen molar-refractivity contribution in [3.8, 4) is 10.6 Å². The second-order valence-corrected chi connectivity index (χ2v) is 10.9. The van der Waals surface area contributed by atoms with Gasteiger partial charge in [0.1, 0.15) is 5.01 Å². The van der Waals surface area contributed by atoms with Gasteiger partial charge in [0.15, 0.2) is 5.78 Å². The maximum absolute atomic E-state index is 13.8. The van der Waals surface area contributed by atoms with Crippen LogP contribution < -0.4 is 10.6 Å². The summed E-state index contributed by atoms with van der Waals surface area (Å²) in [6, 6.07) is 13.1. The summed E-state index contributed by atoms with van der Waals surface area (Å²) in [6.07, 6.45) is 8.26. The SMILES string of the molecule is Cc1nc(-c2ccc(C)c3ccccc23)sc1C(=O)C(CCCC1CC1)NC1CCNCC1. The zero-order valence-electron chi connectivity index (χ0n) is 19.8. The van der Waals surface area contributed by atoms with Gasteiger partial charge in [0.2, 0.25) is 0 Å². The van der Waals surface area contributed by atoms with Crippen LogP contribution in [-0.4, -0.2) is 35.9 Å². The number of hydrogen-bond acceptors (Lipinski definition) is 5. The van der Waals surface area contributed by atoms with E-state index < -0.39 is 0 Å². The lowest BCUT2D eigenvalue weighted by molar-refractivity contribution is 0.0927. The Hall–Kier alpha value is -2.08. The lowest BCUT2D eigenvalue weighted by Crippen LogP contribution is -2.47. The molecule has 0 amide bonds. The number of fused-ring (bicyclic) bond motifs is 1. The molecule has 1 saturated heterocycles. The first-order valence-electron chi connectivity index (χ1n) is 12.6. The van der Waals surface area contributed by atoms with E-state index in [0.717, 1.165) is 65.8 Å². The molecular weight excluding hydrogens is 426 g/mol. The minimum absolute atomic E-state index is 0.103. The van der Waals surface area contributed by atoms with Crippen LogP contribution in [0, 0.1) is 19.8 Å². The molecular formula is C28H35N3OS. The summed E-state index contributed by atoms with van der Waals surface area (Å²) < 4.78 is 0. The fourth-order valence-electron chi connectivity index (χ4n) is 5.12. The van der Waals surface area contributed by atoms with Gasteiger partial charge < -0.3 is 10.6 Å². The molecule has 0 radical (unpaired) electrons. The fourth-order valence-corrected chi connectivity index (χ4v) is 6.22. The number of rotatable bonds is 9. The molecule has 1 atom stereocenters. The maximum Gasteiger partial charge on any atom is 0.191 e. The average Bonchev–Trinajstić information content (AvgIpc) is 3.58. The summed E-state index contributed by atoms with van der Waals surface area (Å²) in [5.74, 6) is 1.15. The van der Waals surface area contributed by atoms with Crippen molar-refractivity contribution >= 4 is 27.9 Å². The van der Waals surface area contributed by atoms with Crippen LogP contribution in [0.1, 0.15) is 65.9 Å². The molecule has 33 heavy (non-hydrogen) atoms. The van der Waals surface area contributed by atoms with E-state index in [9.17, 15) is 4.79 Å². The topological polar surface area (TPSA) is 54.0 Å². The third-order valence-corrected chi connectivity index (χ3v) is 8.49. The number of ketones is 1. The van der Waals surface area contributed by atoms with E-state index in [4.69, 9.17) is 4.98 Å². The Morgan fingerprint density at radius 2 is 1.85 bits per heavy atom. The summed E-state index contributed by atoms with van der Waals surface area (Å²) >= 11 is 1.57. The van der Waals surface area contributed by atoms with Crippen LogP contribution in [0.2, 0.25) is 0 Å². The third-order valence-electron chi connectivity index (χ3n) is 7.29. The second-order valence-electron chi connectivity index (χ2n) is 9.89. The summed E-state index contributed by atoms with van der Waals surface area (Å²) in [7, 11) is 0. The molecule has 2 N–H and O–H groups in total. The minimum atomic E-state index is -0.103. The van der Waals surface area contributed by atoms with Gasteiger partial charge in [-0.25, -0.2) is 4.98 Å².